The monoisotopic (exact) mass is 286 g/mol. The van der Waals surface area contributed by atoms with Gasteiger partial charge in [-0.15, -0.1) is 0 Å². The van der Waals surface area contributed by atoms with Gasteiger partial charge in [0.1, 0.15) is 0 Å². The zero-order valence-electron chi connectivity index (χ0n) is 13.4. The lowest BCUT2D eigenvalue weighted by molar-refractivity contribution is 0.356. The van der Waals surface area contributed by atoms with Gasteiger partial charge >= 0.3 is 0 Å². The molecule has 114 valence electrons. The first-order valence-electron chi connectivity index (χ1n) is 7.52. The molecule has 2 rings (SSSR count). The molecular formula is C17H26N4. The van der Waals surface area contributed by atoms with E-state index in [-0.39, 0.29) is 0 Å². The molecule has 2 aromatic rings. The Labute approximate surface area is 127 Å². The second kappa shape index (κ2) is 6.76. The molecule has 0 saturated carbocycles. The summed E-state index contributed by atoms with van der Waals surface area (Å²) in [5, 5.41) is 4.76. The lowest BCUT2D eigenvalue weighted by Crippen LogP contribution is -2.33. The molecule has 0 radical (unpaired) electrons. The Balaban J connectivity index is 2.30. The van der Waals surface area contributed by atoms with Crippen molar-refractivity contribution < 1.29 is 0 Å². The summed E-state index contributed by atoms with van der Waals surface area (Å²) in [7, 11) is 4.22. The maximum Gasteiger partial charge on any atom is 0.0951 e. The maximum absolute atomic E-state index is 6.02. The molecule has 0 aliphatic carbocycles. The number of pyridine rings is 1. The van der Waals surface area contributed by atoms with E-state index in [0.717, 1.165) is 35.2 Å². The van der Waals surface area contributed by atoms with Crippen molar-refractivity contribution in [3.63, 3.8) is 0 Å². The van der Waals surface area contributed by atoms with Crippen molar-refractivity contribution in [3.8, 4) is 0 Å². The number of hydrogen-bond donors (Lipinski definition) is 2. The summed E-state index contributed by atoms with van der Waals surface area (Å²) in [6.07, 6.45) is 2.91. The number of nitrogens with two attached hydrogens (primary N) is 1. The van der Waals surface area contributed by atoms with Crippen LogP contribution in [0.4, 0.5) is 11.4 Å². The number of anilines is 2. The van der Waals surface area contributed by atoms with Crippen LogP contribution in [0.2, 0.25) is 0 Å². The first-order chi connectivity index (χ1) is 9.97. The summed E-state index contributed by atoms with van der Waals surface area (Å²) in [6, 6.07) is 8.42. The van der Waals surface area contributed by atoms with Crippen molar-refractivity contribution in [2.75, 3.05) is 31.7 Å². The molecule has 0 saturated heterocycles. The second-order valence-corrected chi connectivity index (χ2v) is 6.33. The summed E-state index contributed by atoms with van der Waals surface area (Å²) in [5.41, 5.74) is 8.73. The normalized spacial score (nSPS) is 13.0. The molecule has 1 aromatic heterocycles. The number of likely N-dealkylation sites (N-methyl/N-ethyl adjacent to an activating group) is 1. The van der Waals surface area contributed by atoms with Gasteiger partial charge < -0.3 is 16.0 Å². The van der Waals surface area contributed by atoms with Gasteiger partial charge in [0, 0.05) is 29.9 Å². The fourth-order valence-electron chi connectivity index (χ4n) is 2.73. The highest BCUT2D eigenvalue weighted by Gasteiger charge is 2.14. The Hall–Kier alpha value is -1.81. The van der Waals surface area contributed by atoms with Gasteiger partial charge in [0.05, 0.1) is 11.2 Å². The van der Waals surface area contributed by atoms with Gasteiger partial charge in [-0.3, -0.25) is 4.98 Å². The number of fused-ring (bicyclic) bond motifs is 1. The van der Waals surface area contributed by atoms with Crippen LogP contribution in [-0.2, 0) is 0 Å². The highest BCUT2D eigenvalue weighted by molar-refractivity contribution is 5.98. The molecule has 3 N–H and O–H groups in total. The predicted molar refractivity (Wildman–Crippen MR) is 91.6 cm³/mol. The van der Waals surface area contributed by atoms with E-state index in [1.165, 1.54) is 0 Å². The molecule has 1 atom stereocenters. The van der Waals surface area contributed by atoms with Gasteiger partial charge in [0.2, 0.25) is 0 Å². The number of benzene rings is 1. The third-order valence-corrected chi connectivity index (χ3v) is 3.50. The van der Waals surface area contributed by atoms with Crippen molar-refractivity contribution in [2.24, 2.45) is 5.92 Å². The average molecular weight is 286 g/mol. The Morgan fingerprint density at radius 1 is 1.24 bits per heavy atom. The van der Waals surface area contributed by atoms with E-state index >= 15 is 0 Å². The lowest BCUT2D eigenvalue weighted by Gasteiger charge is -2.25. The van der Waals surface area contributed by atoms with E-state index in [4.69, 9.17) is 5.73 Å². The van der Waals surface area contributed by atoms with Crippen molar-refractivity contribution in [3.05, 3.63) is 30.5 Å². The minimum atomic E-state index is 0.409. The van der Waals surface area contributed by atoms with Gasteiger partial charge in [0.25, 0.3) is 0 Å². The van der Waals surface area contributed by atoms with Crippen LogP contribution in [0.25, 0.3) is 10.9 Å². The molecule has 0 amide bonds. The van der Waals surface area contributed by atoms with Crippen LogP contribution in [0.15, 0.2) is 30.5 Å². The largest absolute Gasteiger partial charge is 0.397 e. The van der Waals surface area contributed by atoms with Gasteiger partial charge in [-0.25, -0.2) is 0 Å². The van der Waals surface area contributed by atoms with Crippen LogP contribution in [0.3, 0.4) is 0 Å². The first-order valence-corrected chi connectivity index (χ1v) is 7.52. The summed E-state index contributed by atoms with van der Waals surface area (Å²) < 4.78 is 0. The summed E-state index contributed by atoms with van der Waals surface area (Å²) >= 11 is 0. The fourth-order valence-corrected chi connectivity index (χ4v) is 2.73. The standard InChI is InChI=1S/C17H26N4/c1-12(2)10-13(11-21(3)4)20-16-8-7-15(18)17-14(16)6-5-9-19-17/h5-9,12-13,20H,10-11,18H2,1-4H3. The molecule has 0 spiro atoms. The van der Waals surface area contributed by atoms with Crippen LogP contribution < -0.4 is 11.1 Å². The Morgan fingerprint density at radius 3 is 2.67 bits per heavy atom. The first kappa shape index (κ1) is 15.6. The zero-order chi connectivity index (χ0) is 15.4. The van der Waals surface area contributed by atoms with Crippen molar-refractivity contribution >= 4 is 22.3 Å². The van der Waals surface area contributed by atoms with Crippen LogP contribution in [-0.4, -0.2) is 36.6 Å². The lowest BCUT2D eigenvalue weighted by atomic mass is 10.0. The topological polar surface area (TPSA) is 54.2 Å². The minimum absolute atomic E-state index is 0.409. The minimum Gasteiger partial charge on any atom is -0.397 e. The Kier molecular flexibility index (Phi) is 5.02. The molecular weight excluding hydrogens is 260 g/mol. The van der Waals surface area contributed by atoms with E-state index < -0.39 is 0 Å². The fraction of sp³-hybridized carbons (Fsp3) is 0.471. The third-order valence-electron chi connectivity index (χ3n) is 3.50. The Morgan fingerprint density at radius 2 is 2.00 bits per heavy atom. The van der Waals surface area contributed by atoms with Crippen LogP contribution in [0.1, 0.15) is 20.3 Å². The van der Waals surface area contributed by atoms with E-state index in [9.17, 15) is 0 Å². The highest BCUT2D eigenvalue weighted by Crippen LogP contribution is 2.27. The van der Waals surface area contributed by atoms with E-state index in [2.05, 4.69) is 55.3 Å². The molecule has 1 heterocycles. The van der Waals surface area contributed by atoms with E-state index in [1.807, 2.05) is 12.1 Å². The predicted octanol–water partition coefficient (Wildman–Crippen LogP) is 3.21. The number of nitrogens with one attached hydrogen (secondary N) is 1. The molecule has 1 unspecified atom stereocenters. The molecule has 1 aromatic carbocycles. The number of hydrogen-bond acceptors (Lipinski definition) is 4. The molecule has 0 aliphatic heterocycles. The SMILES string of the molecule is CC(C)CC(CN(C)C)Nc1ccc(N)c2ncccc12. The summed E-state index contributed by atoms with van der Waals surface area (Å²) in [4.78, 5) is 6.62. The van der Waals surface area contributed by atoms with Crippen LogP contribution in [0, 0.1) is 5.92 Å². The molecule has 0 bridgehead atoms. The smallest absolute Gasteiger partial charge is 0.0951 e. The maximum atomic E-state index is 6.02. The molecule has 0 fully saturated rings. The quantitative estimate of drug-likeness (QED) is 0.801. The van der Waals surface area contributed by atoms with Crippen molar-refractivity contribution in [2.45, 2.75) is 26.3 Å². The Bertz CT molecular complexity index is 582. The van der Waals surface area contributed by atoms with Crippen LogP contribution >= 0.6 is 0 Å². The zero-order valence-corrected chi connectivity index (χ0v) is 13.4. The number of aromatic nitrogens is 1. The average Bonchev–Trinajstić information content (AvgIpc) is 2.41. The van der Waals surface area contributed by atoms with Crippen molar-refractivity contribution in [1.82, 2.24) is 9.88 Å². The second-order valence-electron chi connectivity index (χ2n) is 6.33. The summed E-state index contributed by atoms with van der Waals surface area (Å²) in [6.45, 7) is 5.52. The highest BCUT2D eigenvalue weighted by atomic mass is 15.1. The van der Waals surface area contributed by atoms with E-state index in [0.29, 0.717) is 12.0 Å². The molecule has 4 heteroatoms. The number of nitrogens with zero attached hydrogens (tertiary/aromatic N) is 2. The third kappa shape index (κ3) is 4.08. The van der Waals surface area contributed by atoms with Crippen molar-refractivity contribution in [1.29, 1.82) is 0 Å². The molecule has 4 nitrogen and oxygen atoms in total. The number of nitrogen functional groups attached to an aromatic ring is 1. The van der Waals surface area contributed by atoms with Gasteiger partial charge in [0.15, 0.2) is 0 Å². The summed E-state index contributed by atoms with van der Waals surface area (Å²) in [5.74, 6) is 0.653. The van der Waals surface area contributed by atoms with Gasteiger partial charge in [-0.05, 0) is 50.7 Å². The van der Waals surface area contributed by atoms with E-state index in [1.54, 1.807) is 6.20 Å². The molecule has 0 aliphatic rings. The van der Waals surface area contributed by atoms with Gasteiger partial charge in [-0.2, -0.15) is 0 Å². The van der Waals surface area contributed by atoms with Gasteiger partial charge in [-0.1, -0.05) is 13.8 Å². The number of rotatable bonds is 6. The van der Waals surface area contributed by atoms with Crippen LogP contribution in [0.5, 0.6) is 0 Å². The molecule has 21 heavy (non-hydrogen) atoms.